The van der Waals surface area contributed by atoms with Gasteiger partial charge in [-0.3, -0.25) is 9.10 Å². The molecule has 1 aromatic carbocycles. The molecule has 2 heterocycles. The molecule has 0 bridgehead atoms. The van der Waals surface area contributed by atoms with Crippen LogP contribution >= 0.6 is 0 Å². The molecule has 2 aromatic rings. The van der Waals surface area contributed by atoms with Crippen LogP contribution in [0.25, 0.3) is 0 Å². The molecule has 0 saturated heterocycles. The first kappa shape index (κ1) is 13.7. The number of anilines is 2. The van der Waals surface area contributed by atoms with Gasteiger partial charge in [0, 0.05) is 12.2 Å². The lowest BCUT2D eigenvalue weighted by molar-refractivity contribution is 0.0996. The molecule has 7 nitrogen and oxygen atoms in total. The van der Waals surface area contributed by atoms with E-state index in [1.807, 2.05) is 0 Å². The van der Waals surface area contributed by atoms with Crippen LogP contribution in [0.1, 0.15) is 16.1 Å². The maximum absolute atomic E-state index is 11.9. The number of benzene rings is 1. The molecule has 0 unspecified atom stereocenters. The smallest absolute Gasteiger partial charge is 0.299 e. The lowest BCUT2D eigenvalue weighted by atomic mass is 10.1. The molecule has 1 aliphatic heterocycles. The Morgan fingerprint density at radius 1 is 1.33 bits per heavy atom. The van der Waals surface area contributed by atoms with Crippen molar-refractivity contribution in [2.75, 3.05) is 16.2 Å². The Balaban J connectivity index is 1.88. The monoisotopic (exact) mass is 307 g/mol. The molecule has 1 amide bonds. The highest BCUT2D eigenvalue weighted by Gasteiger charge is 2.27. The van der Waals surface area contributed by atoms with Crippen LogP contribution in [0.4, 0.5) is 11.4 Å². The Hall–Kier alpha value is -2.32. The number of amides is 1. The first-order chi connectivity index (χ1) is 9.95. The molecule has 0 saturated carbocycles. The van der Waals surface area contributed by atoms with Crippen LogP contribution in [0.5, 0.6) is 0 Å². The second kappa shape index (κ2) is 4.90. The number of nitrogens with zero attached hydrogens (tertiary/aromatic N) is 1. The topological polar surface area (TPSA) is 106 Å². The number of fused-ring (bicyclic) bond motifs is 1. The molecule has 0 aliphatic carbocycles. The third kappa shape index (κ3) is 2.63. The highest BCUT2D eigenvalue weighted by Crippen LogP contribution is 2.32. The second-order valence-corrected chi connectivity index (χ2v) is 6.11. The SMILES string of the molecule is NS(=O)(=O)N1CCc2ccc(NC(=O)c3ccco3)cc21. The van der Waals surface area contributed by atoms with Crippen molar-refractivity contribution in [3.63, 3.8) is 0 Å². The average molecular weight is 307 g/mol. The Labute approximate surface area is 121 Å². The van der Waals surface area contributed by atoms with E-state index in [0.29, 0.717) is 24.3 Å². The third-order valence-electron chi connectivity index (χ3n) is 3.25. The van der Waals surface area contributed by atoms with Crippen molar-refractivity contribution in [3.05, 3.63) is 47.9 Å². The molecule has 3 rings (SSSR count). The number of carbonyl (C=O) groups is 1. The fourth-order valence-electron chi connectivity index (χ4n) is 2.29. The summed E-state index contributed by atoms with van der Waals surface area (Å²) >= 11 is 0. The first-order valence-electron chi connectivity index (χ1n) is 6.23. The van der Waals surface area contributed by atoms with E-state index in [2.05, 4.69) is 5.32 Å². The van der Waals surface area contributed by atoms with Gasteiger partial charge in [0.15, 0.2) is 5.76 Å². The summed E-state index contributed by atoms with van der Waals surface area (Å²) in [6.45, 7) is 0.309. The van der Waals surface area contributed by atoms with Gasteiger partial charge >= 0.3 is 0 Å². The number of hydrogen-bond donors (Lipinski definition) is 2. The summed E-state index contributed by atoms with van der Waals surface area (Å²) in [5, 5.41) is 7.83. The van der Waals surface area contributed by atoms with Gasteiger partial charge in [-0.2, -0.15) is 8.42 Å². The van der Waals surface area contributed by atoms with Gasteiger partial charge in [-0.15, -0.1) is 0 Å². The van der Waals surface area contributed by atoms with E-state index in [1.54, 1.807) is 30.3 Å². The Morgan fingerprint density at radius 3 is 2.81 bits per heavy atom. The van der Waals surface area contributed by atoms with Crippen molar-refractivity contribution in [2.24, 2.45) is 5.14 Å². The highest BCUT2D eigenvalue weighted by molar-refractivity contribution is 7.90. The van der Waals surface area contributed by atoms with E-state index >= 15 is 0 Å². The predicted molar refractivity (Wildman–Crippen MR) is 77.3 cm³/mol. The third-order valence-corrected chi connectivity index (χ3v) is 4.24. The molecule has 0 radical (unpaired) electrons. The number of rotatable bonds is 3. The summed E-state index contributed by atoms with van der Waals surface area (Å²) < 4.78 is 29.2. The van der Waals surface area contributed by atoms with Crippen LogP contribution in [0.2, 0.25) is 0 Å². The zero-order chi connectivity index (χ0) is 15.0. The molecule has 3 N–H and O–H groups in total. The second-order valence-electron chi connectivity index (χ2n) is 4.64. The molecular weight excluding hydrogens is 294 g/mol. The maximum atomic E-state index is 11.9. The minimum Gasteiger partial charge on any atom is -0.459 e. The number of hydrogen-bond acceptors (Lipinski definition) is 4. The van der Waals surface area contributed by atoms with Crippen LogP contribution < -0.4 is 14.8 Å². The van der Waals surface area contributed by atoms with Crippen LogP contribution in [0.15, 0.2) is 41.0 Å². The molecule has 21 heavy (non-hydrogen) atoms. The zero-order valence-corrected chi connectivity index (χ0v) is 11.8. The van der Waals surface area contributed by atoms with Gasteiger partial charge in [-0.05, 0) is 36.2 Å². The van der Waals surface area contributed by atoms with Gasteiger partial charge in [-0.25, -0.2) is 5.14 Å². The largest absolute Gasteiger partial charge is 0.459 e. The number of nitrogens with two attached hydrogens (primary N) is 1. The fourth-order valence-corrected chi connectivity index (χ4v) is 3.08. The molecule has 1 aliphatic rings. The Morgan fingerprint density at radius 2 is 2.14 bits per heavy atom. The minimum absolute atomic E-state index is 0.179. The lowest BCUT2D eigenvalue weighted by Gasteiger charge is -2.16. The quantitative estimate of drug-likeness (QED) is 0.885. The summed E-state index contributed by atoms with van der Waals surface area (Å²) in [6.07, 6.45) is 2.00. The Kier molecular flexibility index (Phi) is 3.19. The normalized spacial score (nSPS) is 14.0. The van der Waals surface area contributed by atoms with Gasteiger partial charge in [0.2, 0.25) is 0 Å². The van der Waals surface area contributed by atoms with E-state index < -0.39 is 16.1 Å². The Bertz CT molecular complexity index is 784. The van der Waals surface area contributed by atoms with E-state index in [1.165, 1.54) is 6.26 Å². The first-order valence-corrected chi connectivity index (χ1v) is 7.74. The van der Waals surface area contributed by atoms with Gasteiger partial charge in [0.25, 0.3) is 16.1 Å². The van der Waals surface area contributed by atoms with Crippen LogP contribution in [0.3, 0.4) is 0 Å². The fraction of sp³-hybridized carbons (Fsp3) is 0.154. The maximum Gasteiger partial charge on any atom is 0.299 e. The molecular formula is C13H13N3O4S. The van der Waals surface area contributed by atoms with Crippen molar-refractivity contribution in [1.29, 1.82) is 0 Å². The molecule has 0 fully saturated rings. The number of carbonyl (C=O) groups excluding carboxylic acids is 1. The van der Waals surface area contributed by atoms with Crippen molar-refractivity contribution in [2.45, 2.75) is 6.42 Å². The molecule has 8 heteroatoms. The van der Waals surface area contributed by atoms with Gasteiger partial charge in [0.05, 0.1) is 12.0 Å². The average Bonchev–Trinajstić information content (AvgIpc) is 3.06. The van der Waals surface area contributed by atoms with Crippen LogP contribution in [-0.2, 0) is 16.6 Å². The van der Waals surface area contributed by atoms with E-state index in [0.717, 1.165) is 9.87 Å². The van der Waals surface area contributed by atoms with Crippen LogP contribution in [0, 0.1) is 0 Å². The summed E-state index contributed by atoms with van der Waals surface area (Å²) in [6, 6.07) is 8.23. The highest BCUT2D eigenvalue weighted by atomic mass is 32.2. The van der Waals surface area contributed by atoms with Crippen molar-refractivity contribution in [3.8, 4) is 0 Å². The van der Waals surface area contributed by atoms with Crippen molar-refractivity contribution < 1.29 is 17.6 Å². The number of furan rings is 1. The number of nitrogens with one attached hydrogen (secondary N) is 1. The van der Waals surface area contributed by atoms with Crippen molar-refractivity contribution in [1.82, 2.24) is 0 Å². The molecule has 1 aromatic heterocycles. The molecule has 0 spiro atoms. The summed E-state index contributed by atoms with van der Waals surface area (Å²) in [4.78, 5) is 11.9. The van der Waals surface area contributed by atoms with Crippen molar-refractivity contribution >= 4 is 27.5 Å². The predicted octanol–water partition coefficient (Wildman–Crippen LogP) is 1.10. The molecule has 0 atom stereocenters. The summed E-state index contributed by atoms with van der Waals surface area (Å²) in [5.74, 6) is -0.223. The summed E-state index contributed by atoms with van der Waals surface area (Å²) in [7, 11) is -3.80. The van der Waals surface area contributed by atoms with E-state index in [9.17, 15) is 13.2 Å². The van der Waals surface area contributed by atoms with Gasteiger partial charge < -0.3 is 9.73 Å². The zero-order valence-electron chi connectivity index (χ0n) is 10.9. The molecule has 110 valence electrons. The van der Waals surface area contributed by atoms with E-state index in [-0.39, 0.29) is 5.76 Å². The lowest BCUT2D eigenvalue weighted by Crippen LogP contribution is -2.35. The van der Waals surface area contributed by atoms with Gasteiger partial charge in [0.1, 0.15) is 0 Å². The standard InChI is InChI=1S/C13H13N3O4S/c14-21(18,19)16-6-5-9-3-4-10(8-11(9)16)15-13(17)12-2-1-7-20-12/h1-4,7-8H,5-6H2,(H,15,17)(H2,14,18,19). The van der Waals surface area contributed by atoms with Crippen LogP contribution in [-0.4, -0.2) is 20.9 Å². The van der Waals surface area contributed by atoms with Gasteiger partial charge in [-0.1, -0.05) is 6.07 Å². The minimum atomic E-state index is -3.80. The van der Waals surface area contributed by atoms with E-state index in [4.69, 9.17) is 9.56 Å². The summed E-state index contributed by atoms with van der Waals surface area (Å²) in [5.41, 5.74) is 1.85.